The van der Waals surface area contributed by atoms with Crippen molar-refractivity contribution in [1.82, 2.24) is 0 Å². The molecule has 2 nitrogen and oxygen atoms in total. The summed E-state index contributed by atoms with van der Waals surface area (Å²) in [6.45, 7) is 1.27. The molecule has 1 unspecified atom stereocenters. The lowest BCUT2D eigenvalue weighted by atomic mass is 9.95. The highest BCUT2D eigenvalue weighted by atomic mass is 79.9. The normalized spacial score (nSPS) is 12.9. The summed E-state index contributed by atoms with van der Waals surface area (Å²) in [7, 11) is 0. The van der Waals surface area contributed by atoms with Gasteiger partial charge in [0.2, 0.25) is 0 Å². The molecule has 0 aliphatic carbocycles. The number of ketones is 1. The molecule has 6 heteroatoms. The Morgan fingerprint density at radius 1 is 1.50 bits per heavy atom. The molecule has 1 aromatic rings. The van der Waals surface area contributed by atoms with Crippen molar-refractivity contribution in [2.24, 2.45) is 0 Å². The van der Waals surface area contributed by atoms with Crippen molar-refractivity contribution in [3.8, 4) is 6.07 Å². The maximum Gasteiger partial charge on any atom is 0.416 e. The van der Waals surface area contributed by atoms with Crippen LogP contribution in [0.15, 0.2) is 18.2 Å². The molecule has 18 heavy (non-hydrogen) atoms. The standard InChI is InChI=1S/C12H9BrF3NO/c1-7(18)11(13)9-3-2-4-10(12(14,15)16)8(9)5-6-17/h2-4,11H,5H2,1H3. The zero-order valence-corrected chi connectivity index (χ0v) is 11.0. The molecule has 0 fully saturated rings. The number of nitrogens with zero attached hydrogens (tertiary/aromatic N) is 1. The van der Waals surface area contributed by atoms with E-state index in [9.17, 15) is 18.0 Å². The van der Waals surface area contributed by atoms with E-state index in [-0.39, 0.29) is 23.3 Å². The van der Waals surface area contributed by atoms with Crippen molar-refractivity contribution in [2.45, 2.75) is 24.3 Å². The third-order valence-corrected chi connectivity index (χ3v) is 3.54. The van der Waals surface area contributed by atoms with Gasteiger partial charge in [0.05, 0.1) is 22.9 Å². The van der Waals surface area contributed by atoms with Crippen LogP contribution >= 0.6 is 15.9 Å². The third kappa shape index (κ3) is 3.10. The minimum absolute atomic E-state index is 0.149. The lowest BCUT2D eigenvalue weighted by Crippen LogP contribution is -2.13. The monoisotopic (exact) mass is 319 g/mol. The van der Waals surface area contributed by atoms with Crippen LogP contribution in [0.1, 0.15) is 28.4 Å². The van der Waals surface area contributed by atoms with E-state index in [1.54, 1.807) is 6.07 Å². The fourth-order valence-corrected chi connectivity index (χ4v) is 2.03. The van der Waals surface area contributed by atoms with Gasteiger partial charge >= 0.3 is 6.18 Å². The summed E-state index contributed by atoms with van der Waals surface area (Å²) in [6.07, 6.45) is -4.92. The molecule has 0 bridgehead atoms. The van der Waals surface area contributed by atoms with Crippen molar-refractivity contribution in [2.75, 3.05) is 0 Å². The highest BCUT2D eigenvalue weighted by Gasteiger charge is 2.35. The molecule has 1 rings (SSSR count). The molecule has 0 N–H and O–H groups in total. The molecule has 1 aromatic carbocycles. The van der Waals surface area contributed by atoms with Gasteiger partial charge in [-0.3, -0.25) is 4.79 Å². The van der Waals surface area contributed by atoms with Gasteiger partial charge in [0, 0.05) is 0 Å². The van der Waals surface area contributed by atoms with Crippen molar-refractivity contribution >= 4 is 21.7 Å². The van der Waals surface area contributed by atoms with Crippen LogP contribution in [0.4, 0.5) is 13.2 Å². The lowest BCUT2D eigenvalue weighted by Gasteiger charge is -2.17. The van der Waals surface area contributed by atoms with Crippen LogP contribution in [0.3, 0.4) is 0 Å². The van der Waals surface area contributed by atoms with Gasteiger partial charge in [-0.15, -0.1) is 0 Å². The number of rotatable bonds is 3. The van der Waals surface area contributed by atoms with Gasteiger partial charge in [0.1, 0.15) is 5.78 Å². The molecule has 0 amide bonds. The number of hydrogen-bond acceptors (Lipinski definition) is 2. The van der Waals surface area contributed by atoms with Gasteiger partial charge in [0.25, 0.3) is 0 Å². The van der Waals surface area contributed by atoms with Gasteiger partial charge in [-0.05, 0) is 24.1 Å². The maximum absolute atomic E-state index is 12.8. The summed E-state index contributed by atoms with van der Waals surface area (Å²) in [5, 5.41) is 8.64. The van der Waals surface area contributed by atoms with Crippen LogP contribution in [0.5, 0.6) is 0 Å². The van der Waals surface area contributed by atoms with E-state index < -0.39 is 16.6 Å². The molecule has 0 aromatic heterocycles. The van der Waals surface area contributed by atoms with Crippen LogP contribution < -0.4 is 0 Å². The molecule has 0 saturated carbocycles. The van der Waals surface area contributed by atoms with Crippen LogP contribution in [0.25, 0.3) is 0 Å². The quantitative estimate of drug-likeness (QED) is 0.795. The highest BCUT2D eigenvalue weighted by Crippen LogP contribution is 2.37. The molecule has 0 saturated heterocycles. The van der Waals surface area contributed by atoms with Crippen molar-refractivity contribution in [3.63, 3.8) is 0 Å². The SMILES string of the molecule is CC(=O)C(Br)c1cccc(C(F)(F)F)c1CC#N. The molecule has 1 atom stereocenters. The number of benzene rings is 1. The van der Waals surface area contributed by atoms with E-state index in [2.05, 4.69) is 15.9 Å². The Kier molecular flexibility index (Phi) is 4.52. The van der Waals surface area contributed by atoms with Gasteiger partial charge in [-0.2, -0.15) is 18.4 Å². The number of carbonyl (C=O) groups is 1. The fraction of sp³-hybridized carbons (Fsp3) is 0.333. The zero-order valence-electron chi connectivity index (χ0n) is 9.38. The Hall–Kier alpha value is -1.35. The predicted molar refractivity (Wildman–Crippen MR) is 63.1 cm³/mol. The molecule has 0 spiro atoms. The summed E-state index contributed by atoms with van der Waals surface area (Å²) in [4.78, 5) is 10.4. The van der Waals surface area contributed by atoms with Crippen molar-refractivity contribution in [3.05, 3.63) is 34.9 Å². The Morgan fingerprint density at radius 3 is 2.56 bits per heavy atom. The third-order valence-electron chi connectivity index (χ3n) is 2.40. The zero-order chi connectivity index (χ0) is 13.9. The Morgan fingerprint density at radius 2 is 2.11 bits per heavy atom. The van der Waals surface area contributed by atoms with Gasteiger partial charge < -0.3 is 0 Å². The van der Waals surface area contributed by atoms with Crippen molar-refractivity contribution < 1.29 is 18.0 Å². The minimum Gasteiger partial charge on any atom is -0.298 e. The highest BCUT2D eigenvalue weighted by molar-refractivity contribution is 9.09. The number of Topliss-reactive ketones (excluding diaryl/α,β-unsaturated/α-hetero) is 1. The summed E-state index contributed by atoms with van der Waals surface area (Å²) in [5.74, 6) is -0.312. The first-order chi connectivity index (χ1) is 8.29. The first-order valence-corrected chi connectivity index (χ1v) is 5.91. The van der Waals surface area contributed by atoms with Gasteiger partial charge in [-0.1, -0.05) is 28.1 Å². The average Bonchev–Trinajstić information content (AvgIpc) is 2.27. The van der Waals surface area contributed by atoms with E-state index >= 15 is 0 Å². The van der Waals surface area contributed by atoms with Gasteiger partial charge in [-0.25, -0.2) is 0 Å². The lowest BCUT2D eigenvalue weighted by molar-refractivity contribution is -0.138. The van der Waals surface area contributed by atoms with Crippen LogP contribution in [-0.4, -0.2) is 5.78 Å². The Balaban J connectivity index is 3.45. The number of alkyl halides is 4. The first-order valence-electron chi connectivity index (χ1n) is 4.99. The molecule has 0 heterocycles. The van der Waals surface area contributed by atoms with E-state index in [1.165, 1.54) is 19.1 Å². The van der Waals surface area contributed by atoms with E-state index in [4.69, 9.17) is 5.26 Å². The fourth-order valence-electron chi connectivity index (χ4n) is 1.60. The average molecular weight is 320 g/mol. The second-order valence-electron chi connectivity index (χ2n) is 3.68. The molecular weight excluding hydrogens is 311 g/mol. The van der Waals surface area contributed by atoms with E-state index in [1.807, 2.05) is 0 Å². The molecule has 0 aliphatic rings. The topological polar surface area (TPSA) is 40.9 Å². The molecule has 96 valence electrons. The summed E-state index contributed by atoms with van der Waals surface area (Å²) in [6, 6.07) is 5.26. The molecule has 0 aliphatic heterocycles. The second-order valence-corrected chi connectivity index (χ2v) is 4.59. The maximum atomic E-state index is 12.8. The van der Waals surface area contributed by atoms with E-state index in [0.29, 0.717) is 0 Å². The van der Waals surface area contributed by atoms with Crippen LogP contribution in [-0.2, 0) is 17.4 Å². The Labute approximate surface area is 111 Å². The summed E-state index contributed by atoms with van der Waals surface area (Å²) in [5.41, 5.74) is -0.823. The number of hydrogen-bond donors (Lipinski definition) is 0. The second kappa shape index (κ2) is 5.53. The molecule has 0 radical (unpaired) electrons. The molecular formula is C12H9BrF3NO. The van der Waals surface area contributed by atoms with Crippen LogP contribution in [0, 0.1) is 11.3 Å². The predicted octanol–water partition coefficient (Wildman–Crippen LogP) is 3.80. The number of carbonyl (C=O) groups excluding carboxylic acids is 1. The van der Waals surface area contributed by atoms with Crippen molar-refractivity contribution in [1.29, 1.82) is 5.26 Å². The summed E-state index contributed by atoms with van der Waals surface area (Å²) < 4.78 is 38.4. The van der Waals surface area contributed by atoms with Crippen LogP contribution in [0.2, 0.25) is 0 Å². The first kappa shape index (κ1) is 14.7. The number of nitriles is 1. The number of halogens is 4. The summed E-state index contributed by atoms with van der Waals surface area (Å²) >= 11 is 3.05. The smallest absolute Gasteiger partial charge is 0.298 e. The largest absolute Gasteiger partial charge is 0.416 e. The van der Waals surface area contributed by atoms with E-state index in [0.717, 1.165) is 6.07 Å². The van der Waals surface area contributed by atoms with Gasteiger partial charge in [0.15, 0.2) is 0 Å². The minimum atomic E-state index is -4.54. The Bertz CT molecular complexity index is 505.